The lowest BCUT2D eigenvalue weighted by Gasteiger charge is -2.17. The maximum Gasteiger partial charge on any atom is 0.241 e. The highest BCUT2D eigenvalue weighted by atomic mass is 32.2. The van der Waals surface area contributed by atoms with Gasteiger partial charge in [-0.15, -0.1) is 0 Å². The number of pyridine rings is 1. The van der Waals surface area contributed by atoms with Crippen LogP contribution >= 0.6 is 0 Å². The highest BCUT2D eigenvalue weighted by molar-refractivity contribution is 7.89. The molecule has 0 fully saturated rings. The Morgan fingerprint density at radius 3 is 2.44 bits per heavy atom. The zero-order valence-electron chi connectivity index (χ0n) is 22.8. The SMILES string of the molecule is CCCCc1nc2c(N)nc3ccccc3c2n1CCCCNS(=O)(=O)c1cccc2c(N(C)C)cccc12. The van der Waals surface area contributed by atoms with Gasteiger partial charge in [0.2, 0.25) is 10.0 Å². The number of rotatable bonds is 11. The number of aromatic nitrogens is 3. The number of benzene rings is 3. The second kappa shape index (κ2) is 11.2. The highest BCUT2D eigenvalue weighted by Gasteiger charge is 2.19. The highest BCUT2D eigenvalue weighted by Crippen LogP contribution is 2.31. The van der Waals surface area contributed by atoms with Crippen LogP contribution in [0.5, 0.6) is 0 Å². The van der Waals surface area contributed by atoms with Gasteiger partial charge in [0.15, 0.2) is 5.82 Å². The number of aryl methyl sites for hydroxylation is 2. The van der Waals surface area contributed by atoms with Gasteiger partial charge in [-0.25, -0.2) is 23.1 Å². The fourth-order valence-corrected chi connectivity index (χ4v) is 6.53. The number of sulfonamides is 1. The molecule has 3 aromatic carbocycles. The minimum Gasteiger partial charge on any atom is -0.382 e. The van der Waals surface area contributed by atoms with E-state index in [1.165, 1.54) is 0 Å². The van der Waals surface area contributed by atoms with Crippen molar-refractivity contribution in [3.63, 3.8) is 0 Å². The summed E-state index contributed by atoms with van der Waals surface area (Å²) in [5, 5.41) is 2.67. The molecular weight excluding hydrogens is 508 g/mol. The van der Waals surface area contributed by atoms with Crippen molar-refractivity contribution in [1.82, 2.24) is 19.3 Å². The number of nitrogens with two attached hydrogens (primary N) is 1. The summed E-state index contributed by atoms with van der Waals surface area (Å²) >= 11 is 0. The number of nitrogen functional groups attached to an aromatic ring is 1. The van der Waals surface area contributed by atoms with Gasteiger partial charge in [-0.2, -0.15) is 0 Å². The van der Waals surface area contributed by atoms with Crippen LogP contribution in [-0.4, -0.2) is 43.6 Å². The Bertz CT molecular complexity index is 1740. The van der Waals surface area contributed by atoms with E-state index in [0.29, 0.717) is 23.7 Å². The minimum absolute atomic E-state index is 0.306. The Kier molecular flexibility index (Phi) is 7.72. The molecule has 0 aliphatic rings. The van der Waals surface area contributed by atoms with Crippen molar-refractivity contribution in [2.75, 3.05) is 31.3 Å². The molecule has 0 atom stereocenters. The maximum atomic E-state index is 13.3. The number of hydrogen-bond acceptors (Lipinski definition) is 6. The van der Waals surface area contributed by atoms with Gasteiger partial charge in [0.05, 0.1) is 15.9 Å². The lowest BCUT2D eigenvalue weighted by Crippen LogP contribution is -2.25. The number of nitrogens with one attached hydrogen (secondary N) is 1. The number of para-hydroxylation sites is 1. The fourth-order valence-electron chi connectivity index (χ4n) is 5.24. The smallest absolute Gasteiger partial charge is 0.241 e. The lowest BCUT2D eigenvalue weighted by molar-refractivity contribution is 0.562. The van der Waals surface area contributed by atoms with E-state index in [-0.39, 0.29) is 0 Å². The van der Waals surface area contributed by atoms with Gasteiger partial charge in [-0.05, 0) is 37.5 Å². The van der Waals surface area contributed by atoms with Gasteiger partial charge in [0.25, 0.3) is 0 Å². The Hall–Kier alpha value is -3.69. The molecule has 5 rings (SSSR count). The monoisotopic (exact) mass is 544 g/mol. The van der Waals surface area contributed by atoms with Crippen LogP contribution in [0.25, 0.3) is 32.7 Å². The summed E-state index contributed by atoms with van der Waals surface area (Å²) in [5.41, 5.74) is 9.91. The molecule has 9 heteroatoms. The third-order valence-corrected chi connectivity index (χ3v) is 8.69. The summed E-state index contributed by atoms with van der Waals surface area (Å²) in [5.74, 6) is 1.45. The largest absolute Gasteiger partial charge is 0.382 e. The van der Waals surface area contributed by atoms with Crippen LogP contribution in [-0.2, 0) is 23.0 Å². The van der Waals surface area contributed by atoms with Crippen molar-refractivity contribution < 1.29 is 8.42 Å². The molecule has 204 valence electrons. The molecule has 39 heavy (non-hydrogen) atoms. The first-order valence-corrected chi connectivity index (χ1v) is 15.0. The summed E-state index contributed by atoms with van der Waals surface area (Å²) in [6.07, 6.45) is 4.46. The van der Waals surface area contributed by atoms with E-state index in [2.05, 4.69) is 27.3 Å². The molecule has 0 bridgehead atoms. The number of nitrogens with zero attached hydrogens (tertiary/aromatic N) is 4. The normalized spacial score (nSPS) is 12.1. The standard InChI is InChI=1S/C30H36N6O2S/c1-4-5-18-27-34-28-29(23-12-6-7-15-24(23)33-30(28)31)36(27)20-9-8-19-32-39(37,38)26-17-11-13-21-22(26)14-10-16-25(21)35(2)3/h6-7,10-17,32H,4-5,8-9,18-20H2,1-3H3,(H2,31,33). The van der Waals surface area contributed by atoms with Crippen molar-refractivity contribution in [2.24, 2.45) is 0 Å². The molecule has 3 N–H and O–H groups in total. The molecule has 0 aliphatic carbocycles. The third-order valence-electron chi connectivity index (χ3n) is 7.17. The van der Waals surface area contributed by atoms with E-state index in [4.69, 9.17) is 10.7 Å². The zero-order chi connectivity index (χ0) is 27.6. The predicted octanol–water partition coefficient (Wildman–Crippen LogP) is 5.49. The molecule has 5 aromatic rings. The minimum atomic E-state index is -3.67. The Morgan fingerprint density at radius 2 is 1.64 bits per heavy atom. The van der Waals surface area contributed by atoms with Crippen LogP contribution in [0.4, 0.5) is 11.5 Å². The van der Waals surface area contributed by atoms with E-state index in [0.717, 1.165) is 76.4 Å². The molecule has 8 nitrogen and oxygen atoms in total. The number of fused-ring (bicyclic) bond motifs is 4. The number of anilines is 2. The first kappa shape index (κ1) is 26.9. The number of imidazole rings is 1. The van der Waals surface area contributed by atoms with Gasteiger partial charge in [-0.3, -0.25) is 0 Å². The van der Waals surface area contributed by atoms with Gasteiger partial charge < -0.3 is 15.2 Å². The summed E-state index contributed by atoms with van der Waals surface area (Å²) in [7, 11) is 0.249. The Balaban J connectivity index is 1.34. The van der Waals surface area contributed by atoms with Gasteiger partial charge in [0, 0.05) is 55.5 Å². The second-order valence-electron chi connectivity index (χ2n) is 10.1. The van der Waals surface area contributed by atoms with Gasteiger partial charge in [0.1, 0.15) is 11.3 Å². The molecule has 0 radical (unpaired) electrons. The predicted molar refractivity (Wildman–Crippen MR) is 161 cm³/mol. The second-order valence-corrected chi connectivity index (χ2v) is 11.9. The summed E-state index contributed by atoms with van der Waals surface area (Å²) in [6.45, 7) is 3.25. The molecule has 0 saturated carbocycles. The van der Waals surface area contributed by atoms with Crippen molar-refractivity contribution in [2.45, 2.75) is 50.5 Å². The van der Waals surface area contributed by atoms with Crippen molar-refractivity contribution >= 4 is 54.2 Å². The molecular formula is C30H36N6O2S. The van der Waals surface area contributed by atoms with E-state index >= 15 is 0 Å². The lowest BCUT2D eigenvalue weighted by atomic mass is 10.1. The van der Waals surface area contributed by atoms with E-state index < -0.39 is 10.0 Å². The Labute approximate surface area is 229 Å². The van der Waals surface area contributed by atoms with Crippen molar-refractivity contribution in [3.8, 4) is 0 Å². The first-order valence-electron chi connectivity index (χ1n) is 13.5. The summed E-state index contributed by atoms with van der Waals surface area (Å²) in [4.78, 5) is 11.7. The van der Waals surface area contributed by atoms with E-state index in [1.54, 1.807) is 12.1 Å². The third kappa shape index (κ3) is 5.29. The molecule has 0 spiro atoms. The Morgan fingerprint density at radius 1 is 0.897 bits per heavy atom. The first-order chi connectivity index (χ1) is 18.8. The average Bonchev–Trinajstić information content (AvgIpc) is 3.30. The average molecular weight is 545 g/mol. The van der Waals surface area contributed by atoms with Gasteiger partial charge in [-0.1, -0.05) is 55.8 Å². The fraction of sp³-hybridized carbons (Fsp3) is 0.333. The van der Waals surface area contributed by atoms with Crippen LogP contribution < -0.4 is 15.4 Å². The molecule has 0 unspecified atom stereocenters. The van der Waals surface area contributed by atoms with Gasteiger partial charge >= 0.3 is 0 Å². The van der Waals surface area contributed by atoms with Crippen LogP contribution in [0.15, 0.2) is 65.6 Å². The van der Waals surface area contributed by atoms with Crippen LogP contribution in [0.1, 0.15) is 38.4 Å². The summed E-state index contributed by atoms with van der Waals surface area (Å²) in [6, 6.07) is 19.2. The molecule has 0 amide bonds. The maximum absolute atomic E-state index is 13.3. The zero-order valence-corrected chi connectivity index (χ0v) is 23.6. The molecule has 0 aliphatic heterocycles. The number of unbranched alkanes of at least 4 members (excludes halogenated alkanes) is 2. The van der Waals surface area contributed by atoms with Crippen LogP contribution in [0, 0.1) is 0 Å². The van der Waals surface area contributed by atoms with E-state index in [1.807, 2.05) is 61.5 Å². The topological polar surface area (TPSA) is 106 Å². The molecule has 2 aromatic heterocycles. The summed E-state index contributed by atoms with van der Waals surface area (Å²) < 4.78 is 31.7. The molecule has 2 heterocycles. The van der Waals surface area contributed by atoms with Crippen molar-refractivity contribution in [1.29, 1.82) is 0 Å². The quantitative estimate of drug-likeness (QED) is 0.213. The van der Waals surface area contributed by atoms with Crippen molar-refractivity contribution in [3.05, 3.63) is 66.5 Å². The van der Waals surface area contributed by atoms with E-state index in [9.17, 15) is 8.42 Å². The number of hydrogen-bond donors (Lipinski definition) is 2. The van der Waals surface area contributed by atoms with Crippen LogP contribution in [0.3, 0.4) is 0 Å². The molecule has 0 saturated heterocycles. The van der Waals surface area contributed by atoms with Crippen LogP contribution in [0.2, 0.25) is 0 Å².